The second kappa shape index (κ2) is 6.60. The summed E-state index contributed by atoms with van der Waals surface area (Å²) in [6, 6.07) is 7.26. The summed E-state index contributed by atoms with van der Waals surface area (Å²) in [5.41, 5.74) is 0.876. The number of nitrogens with zero attached hydrogens (tertiary/aromatic N) is 2. The van der Waals surface area contributed by atoms with E-state index in [0.717, 1.165) is 25.9 Å². The van der Waals surface area contributed by atoms with Gasteiger partial charge >= 0.3 is 0 Å². The van der Waals surface area contributed by atoms with E-state index >= 15 is 0 Å². The van der Waals surface area contributed by atoms with E-state index < -0.39 is 11.7 Å². The van der Waals surface area contributed by atoms with E-state index in [-0.39, 0.29) is 18.2 Å². The molecule has 2 aromatic rings. The number of rotatable bonds is 4. The number of carbonyl (C=O) groups excluding carboxylic acids is 2. The van der Waals surface area contributed by atoms with Crippen LogP contribution < -0.4 is 5.32 Å². The van der Waals surface area contributed by atoms with Gasteiger partial charge in [0.1, 0.15) is 11.5 Å². The van der Waals surface area contributed by atoms with Gasteiger partial charge in [0.05, 0.1) is 6.54 Å². The van der Waals surface area contributed by atoms with Crippen LogP contribution in [0.3, 0.4) is 0 Å². The summed E-state index contributed by atoms with van der Waals surface area (Å²) in [6.07, 6.45) is 2.00. The average Bonchev–Trinajstić information content (AvgIpc) is 3.23. The molecule has 1 aliphatic heterocycles. The topological polar surface area (TPSA) is 75.4 Å². The zero-order valence-electron chi connectivity index (χ0n) is 12.4. The van der Waals surface area contributed by atoms with Crippen LogP contribution in [0.5, 0.6) is 0 Å². The first-order valence-corrected chi connectivity index (χ1v) is 7.42. The van der Waals surface area contributed by atoms with Crippen LogP contribution in [0.15, 0.2) is 34.9 Å². The van der Waals surface area contributed by atoms with Crippen molar-refractivity contribution in [3.8, 4) is 11.3 Å². The molecule has 6 nitrogen and oxygen atoms in total. The molecule has 7 heteroatoms. The van der Waals surface area contributed by atoms with Crippen LogP contribution in [-0.4, -0.2) is 41.5 Å². The lowest BCUT2D eigenvalue weighted by molar-refractivity contribution is -0.129. The van der Waals surface area contributed by atoms with Crippen molar-refractivity contribution in [3.63, 3.8) is 0 Å². The van der Waals surface area contributed by atoms with Gasteiger partial charge in [0.15, 0.2) is 0 Å². The lowest BCUT2D eigenvalue weighted by Crippen LogP contribution is -2.38. The molecule has 1 fully saturated rings. The summed E-state index contributed by atoms with van der Waals surface area (Å²) < 4.78 is 18.2. The Labute approximate surface area is 132 Å². The largest absolute Gasteiger partial charge is 0.350 e. The molecule has 0 aliphatic carbocycles. The maximum absolute atomic E-state index is 13.2. The molecule has 0 radical (unpaired) electrons. The molecule has 1 aromatic carbocycles. The monoisotopic (exact) mass is 317 g/mol. The number of halogens is 1. The fraction of sp³-hybridized carbons (Fsp3) is 0.312. The summed E-state index contributed by atoms with van der Waals surface area (Å²) in [5.74, 6) is -1.04. The Balaban J connectivity index is 1.61. The Morgan fingerprint density at radius 3 is 2.78 bits per heavy atom. The zero-order valence-corrected chi connectivity index (χ0v) is 12.4. The van der Waals surface area contributed by atoms with E-state index in [4.69, 9.17) is 4.52 Å². The predicted molar refractivity (Wildman–Crippen MR) is 80.0 cm³/mol. The fourth-order valence-corrected chi connectivity index (χ4v) is 2.49. The van der Waals surface area contributed by atoms with Gasteiger partial charge in [-0.05, 0) is 25.0 Å². The number of hydrogen-bond donors (Lipinski definition) is 1. The molecule has 2 heterocycles. The van der Waals surface area contributed by atoms with Crippen molar-refractivity contribution >= 4 is 11.8 Å². The molecule has 1 aromatic heterocycles. The van der Waals surface area contributed by atoms with E-state index in [9.17, 15) is 14.0 Å². The van der Waals surface area contributed by atoms with Gasteiger partial charge in [-0.3, -0.25) is 9.59 Å². The highest BCUT2D eigenvalue weighted by atomic mass is 19.1. The van der Waals surface area contributed by atoms with E-state index in [1.54, 1.807) is 17.0 Å². The van der Waals surface area contributed by atoms with Crippen LogP contribution in [0, 0.1) is 5.82 Å². The highest BCUT2D eigenvalue weighted by molar-refractivity contribution is 5.94. The second-order valence-corrected chi connectivity index (χ2v) is 5.36. The van der Waals surface area contributed by atoms with E-state index in [1.807, 2.05) is 0 Å². The van der Waals surface area contributed by atoms with Gasteiger partial charge in [0, 0.05) is 24.7 Å². The van der Waals surface area contributed by atoms with Crippen molar-refractivity contribution in [2.75, 3.05) is 19.6 Å². The Morgan fingerprint density at radius 2 is 2.04 bits per heavy atom. The van der Waals surface area contributed by atoms with Crippen LogP contribution in [0.1, 0.15) is 23.4 Å². The number of hydrogen-bond acceptors (Lipinski definition) is 4. The van der Waals surface area contributed by atoms with Crippen LogP contribution in [0.4, 0.5) is 4.39 Å². The smallest absolute Gasteiger partial charge is 0.290 e. The Hall–Kier alpha value is -2.70. The third-order valence-corrected chi connectivity index (χ3v) is 3.71. The van der Waals surface area contributed by atoms with Crippen molar-refractivity contribution in [3.05, 3.63) is 41.9 Å². The molecule has 120 valence electrons. The SMILES string of the molecule is O=C(NCC(=O)N1CCCC1)c1cc(-c2cccc(F)c2)no1. The summed E-state index contributed by atoms with van der Waals surface area (Å²) >= 11 is 0. The normalized spacial score (nSPS) is 14.0. The molecule has 0 saturated carbocycles. The molecule has 1 saturated heterocycles. The second-order valence-electron chi connectivity index (χ2n) is 5.36. The van der Waals surface area contributed by atoms with Gasteiger partial charge in [-0.15, -0.1) is 0 Å². The first-order chi connectivity index (χ1) is 11.1. The van der Waals surface area contributed by atoms with Crippen molar-refractivity contribution in [2.24, 2.45) is 0 Å². The molecule has 23 heavy (non-hydrogen) atoms. The first kappa shape index (κ1) is 15.2. The van der Waals surface area contributed by atoms with Gasteiger partial charge in [-0.2, -0.15) is 0 Å². The van der Waals surface area contributed by atoms with Gasteiger partial charge < -0.3 is 14.7 Å². The number of aromatic nitrogens is 1. The van der Waals surface area contributed by atoms with Crippen LogP contribution in [0.25, 0.3) is 11.3 Å². The number of carbonyl (C=O) groups is 2. The van der Waals surface area contributed by atoms with Crippen molar-refractivity contribution in [1.82, 2.24) is 15.4 Å². The average molecular weight is 317 g/mol. The van der Waals surface area contributed by atoms with Gasteiger partial charge in [-0.25, -0.2) is 4.39 Å². The molecular weight excluding hydrogens is 301 g/mol. The van der Waals surface area contributed by atoms with Crippen molar-refractivity contribution in [1.29, 1.82) is 0 Å². The van der Waals surface area contributed by atoms with Gasteiger partial charge in [0.25, 0.3) is 5.91 Å². The molecule has 0 unspecified atom stereocenters. The maximum atomic E-state index is 13.2. The first-order valence-electron chi connectivity index (χ1n) is 7.42. The predicted octanol–water partition coefficient (Wildman–Crippen LogP) is 1.83. The fourth-order valence-electron chi connectivity index (χ4n) is 2.49. The number of benzene rings is 1. The van der Waals surface area contributed by atoms with Crippen LogP contribution in [-0.2, 0) is 4.79 Å². The minimum absolute atomic E-state index is 0.0153. The summed E-state index contributed by atoms with van der Waals surface area (Å²) in [6.45, 7) is 1.40. The standard InChI is InChI=1S/C16H16FN3O3/c17-12-5-3-4-11(8-12)13-9-14(23-19-13)16(22)18-10-15(21)20-6-1-2-7-20/h3-5,8-9H,1-2,6-7,10H2,(H,18,22). The lowest BCUT2D eigenvalue weighted by Gasteiger charge is -2.14. The van der Waals surface area contributed by atoms with Crippen molar-refractivity contribution < 1.29 is 18.5 Å². The molecule has 3 rings (SSSR count). The molecule has 0 spiro atoms. The Morgan fingerprint density at radius 1 is 1.26 bits per heavy atom. The molecule has 1 aliphatic rings. The minimum Gasteiger partial charge on any atom is -0.350 e. The van der Waals surface area contributed by atoms with Crippen LogP contribution >= 0.6 is 0 Å². The molecular formula is C16H16FN3O3. The Kier molecular flexibility index (Phi) is 4.36. The third-order valence-electron chi connectivity index (χ3n) is 3.71. The third kappa shape index (κ3) is 3.56. The Bertz CT molecular complexity index is 723. The summed E-state index contributed by atoms with van der Waals surface area (Å²) in [7, 11) is 0. The van der Waals surface area contributed by atoms with E-state index in [0.29, 0.717) is 11.3 Å². The maximum Gasteiger partial charge on any atom is 0.290 e. The number of likely N-dealkylation sites (tertiary alicyclic amines) is 1. The quantitative estimate of drug-likeness (QED) is 0.933. The zero-order chi connectivity index (χ0) is 16.2. The molecule has 1 N–H and O–H groups in total. The van der Waals surface area contributed by atoms with Crippen LogP contribution in [0.2, 0.25) is 0 Å². The van der Waals surface area contributed by atoms with Crippen molar-refractivity contribution in [2.45, 2.75) is 12.8 Å². The highest BCUT2D eigenvalue weighted by Gasteiger charge is 2.20. The molecule has 0 atom stereocenters. The number of amides is 2. The highest BCUT2D eigenvalue weighted by Crippen LogP contribution is 2.19. The molecule has 0 bridgehead atoms. The summed E-state index contributed by atoms with van der Waals surface area (Å²) in [4.78, 5) is 25.6. The number of nitrogens with one attached hydrogen (secondary N) is 1. The molecule has 2 amide bonds. The van der Waals surface area contributed by atoms with E-state index in [2.05, 4.69) is 10.5 Å². The minimum atomic E-state index is -0.521. The van der Waals surface area contributed by atoms with E-state index in [1.165, 1.54) is 18.2 Å². The van der Waals surface area contributed by atoms with Gasteiger partial charge in [-0.1, -0.05) is 17.3 Å². The lowest BCUT2D eigenvalue weighted by atomic mass is 10.1. The van der Waals surface area contributed by atoms with Gasteiger partial charge in [0.2, 0.25) is 11.7 Å². The summed E-state index contributed by atoms with van der Waals surface area (Å²) in [5, 5.41) is 6.27.